The van der Waals surface area contributed by atoms with Gasteiger partial charge in [-0.2, -0.15) is 15.2 Å². The number of hydrazone groups is 2. The molecular formula is C12H14N4O. The molecule has 0 unspecified atom stereocenters. The minimum Gasteiger partial charge on any atom is -0.302 e. The van der Waals surface area contributed by atoms with Crippen molar-refractivity contribution in [3.8, 4) is 0 Å². The number of hydrogen-bond donors (Lipinski definition) is 0. The minimum atomic E-state index is -0.192. The number of carbonyl (C=O) groups is 1. The van der Waals surface area contributed by atoms with E-state index in [-0.39, 0.29) is 5.91 Å². The second-order valence-corrected chi connectivity index (χ2v) is 3.93. The van der Waals surface area contributed by atoms with Crippen molar-refractivity contribution >= 4 is 23.0 Å². The van der Waals surface area contributed by atoms with Gasteiger partial charge in [0.2, 0.25) is 0 Å². The van der Waals surface area contributed by atoms with Crippen LogP contribution >= 0.6 is 0 Å². The first-order chi connectivity index (χ1) is 8.09. The summed E-state index contributed by atoms with van der Waals surface area (Å²) in [5, 5.41) is 11.3. The normalized spacial score (nSPS) is 17.6. The molecule has 5 nitrogen and oxygen atoms in total. The largest absolute Gasteiger partial charge is 0.302 e. The average Bonchev–Trinajstić information content (AvgIpc) is 2.58. The van der Waals surface area contributed by atoms with Gasteiger partial charge >= 0.3 is 5.91 Å². The van der Waals surface area contributed by atoms with E-state index in [0.717, 1.165) is 5.69 Å². The van der Waals surface area contributed by atoms with Crippen LogP contribution in [0, 0.1) is 0 Å². The summed E-state index contributed by atoms with van der Waals surface area (Å²) in [6, 6.07) is 9.32. The second kappa shape index (κ2) is 4.37. The number of anilines is 1. The monoisotopic (exact) mass is 230 g/mol. The van der Waals surface area contributed by atoms with Crippen molar-refractivity contribution in [3.63, 3.8) is 0 Å². The van der Waals surface area contributed by atoms with Gasteiger partial charge in [0.1, 0.15) is 0 Å². The maximum Gasteiger partial charge on any atom is 0.301 e. The summed E-state index contributed by atoms with van der Waals surface area (Å²) < 4.78 is 0. The van der Waals surface area contributed by atoms with Crippen LogP contribution in [-0.4, -0.2) is 36.4 Å². The van der Waals surface area contributed by atoms with Crippen molar-refractivity contribution in [2.75, 3.05) is 19.1 Å². The molecule has 1 aliphatic rings. The molecule has 1 heterocycles. The Morgan fingerprint density at radius 3 is 2.47 bits per heavy atom. The maximum atomic E-state index is 12.1. The van der Waals surface area contributed by atoms with Crippen LogP contribution < -0.4 is 5.01 Å². The van der Waals surface area contributed by atoms with E-state index in [1.54, 1.807) is 26.0 Å². The fraction of sp³-hybridized carbons (Fsp3) is 0.250. The van der Waals surface area contributed by atoms with Gasteiger partial charge in [0.05, 0.1) is 11.4 Å². The molecule has 2 rings (SSSR count). The Bertz CT molecular complexity index is 490. The quantitative estimate of drug-likeness (QED) is 0.719. The highest BCUT2D eigenvalue weighted by molar-refractivity contribution is 6.71. The molecule has 0 atom stereocenters. The molecule has 88 valence electrons. The smallest absolute Gasteiger partial charge is 0.301 e. The topological polar surface area (TPSA) is 48.3 Å². The van der Waals surface area contributed by atoms with E-state index >= 15 is 0 Å². The molecule has 0 saturated heterocycles. The second-order valence-electron chi connectivity index (χ2n) is 3.93. The van der Waals surface area contributed by atoms with Crippen LogP contribution in [0.2, 0.25) is 0 Å². The molecule has 0 radical (unpaired) electrons. The summed E-state index contributed by atoms with van der Waals surface area (Å²) in [5.41, 5.74) is 1.77. The van der Waals surface area contributed by atoms with Crippen molar-refractivity contribution in [2.45, 2.75) is 6.92 Å². The van der Waals surface area contributed by atoms with Gasteiger partial charge in [-0.05, 0) is 19.1 Å². The van der Waals surface area contributed by atoms with Crippen molar-refractivity contribution in [1.29, 1.82) is 0 Å². The summed E-state index contributed by atoms with van der Waals surface area (Å²) in [7, 11) is 3.55. The van der Waals surface area contributed by atoms with Gasteiger partial charge in [-0.3, -0.25) is 4.79 Å². The third kappa shape index (κ3) is 2.18. The number of amides is 1. The molecule has 0 saturated carbocycles. The zero-order valence-electron chi connectivity index (χ0n) is 10.1. The summed E-state index contributed by atoms with van der Waals surface area (Å²) in [6.45, 7) is 1.78. The molecule has 1 amide bonds. The lowest BCUT2D eigenvalue weighted by molar-refractivity contribution is -0.112. The third-order valence-electron chi connectivity index (χ3n) is 2.29. The molecule has 1 aliphatic heterocycles. The van der Waals surface area contributed by atoms with Crippen LogP contribution in [-0.2, 0) is 4.79 Å². The van der Waals surface area contributed by atoms with Crippen molar-refractivity contribution < 1.29 is 4.79 Å². The first-order valence-corrected chi connectivity index (χ1v) is 5.30. The van der Waals surface area contributed by atoms with E-state index in [0.29, 0.717) is 11.4 Å². The first kappa shape index (κ1) is 11.3. The maximum absolute atomic E-state index is 12.1. The van der Waals surface area contributed by atoms with Crippen molar-refractivity contribution in [2.24, 2.45) is 10.2 Å². The zero-order chi connectivity index (χ0) is 12.4. The number of benzene rings is 1. The SMILES string of the molecule is CC1=NN(c2ccccc2)C(=O)/C1=N/N(C)C. The molecule has 0 spiro atoms. The lowest BCUT2D eigenvalue weighted by Gasteiger charge is -2.11. The fourth-order valence-electron chi connectivity index (χ4n) is 1.56. The van der Waals surface area contributed by atoms with Gasteiger partial charge in [-0.15, -0.1) is 0 Å². The van der Waals surface area contributed by atoms with Crippen LogP contribution in [0.15, 0.2) is 40.5 Å². The van der Waals surface area contributed by atoms with Crippen LogP contribution in [0.5, 0.6) is 0 Å². The highest BCUT2D eigenvalue weighted by Gasteiger charge is 2.30. The van der Waals surface area contributed by atoms with Crippen molar-refractivity contribution in [1.82, 2.24) is 5.01 Å². The number of para-hydroxylation sites is 1. The number of rotatable bonds is 2. The molecule has 0 fully saturated rings. The van der Waals surface area contributed by atoms with Crippen LogP contribution in [0.4, 0.5) is 5.69 Å². The molecular weight excluding hydrogens is 216 g/mol. The average molecular weight is 230 g/mol. The highest BCUT2D eigenvalue weighted by atomic mass is 16.2. The number of hydrogen-bond acceptors (Lipinski definition) is 4. The Morgan fingerprint density at radius 1 is 1.24 bits per heavy atom. The van der Waals surface area contributed by atoms with Crippen LogP contribution in [0.1, 0.15) is 6.92 Å². The van der Waals surface area contributed by atoms with E-state index < -0.39 is 0 Å². The Hall–Kier alpha value is -2.17. The molecule has 1 aromatic rings. The van der Waals surface area contributed by atoms with E-state index in [9.17, 15) is 4.79 Å². The van der Waals surface area contributed by atoms with E-state index in [1.807, 2.05) is 30.3 Å². The van der Waals surface area contributed by atoms with Crippen LogP contribution in [0.25, 0.3) is 0 Å². The third-order valence-corrected chi connectivity index (χ3v) is 2.29. The predicted molar refractivity (Wildman–Crippen MR) is 68.2 cm³/mol. The lowest BCUT2D eigenvalue weighted by atomic mass is 10.2. The van der Waals surface area contributed by atoms with Gasteiger partial charge in [-0.1, -0.05) is 18.2 Å². The molecule has 0 N–H and O–H groups in total. The highest BCUT2D eigenvalue weighted by Crippen LogP contribution is 2.18. The standard InChI is InChI=1S/C12H14N4O/c1-9-11(14-15(2)3)12(17)16(13-9)10-7-5-4-6-8-10/h4-8H,1-3H3/b14-11+. The fourth-order valence-corrected chi connectivity index (χ4v) is 1.56. The molecule has 1 aromatic carbocycles. The summed E-state index contributed by atoms with van der Waals surface area (Å²) in [5.74, 6) is -0.192. The Morgan fingerprint density at radius 2 is 1.88 bits per heavy atom. The van der Waals surface area contributed by atoms with Gasteiger partial charge in [0.15, 0.2) is 5.71 Å². The van der Waals surface area contributed by atoms with Gasteiger partial charge < -0.3 is 5.01 Å². The molecule has 17 heavy (non-hydrogen) atoms. The number of nitrogens with zero attached hydrogens (tertiary/aromatic N) is 4. The van der Waals surface area contributed by atoms with Gasteiger partial charge in [-0.25, -0.2) is 0 Å². The lowest BCUT2D eigenvalue weighted by Crippen LogP contribution is -2.28. The number of carbonyl (C=O) groups excluding carboxylic acids is 1. The zero-order valence-corrected chi connectivity index (χ0v) is 10.1. The van der Waals surface area contributed by atoms with Crippen LogP contribution in [0.3, 0.4) is 0 Å². The minimum absolute atomic E-state index is 0.192. The molecule has 0 bridgehead atoms. The van der Waals surface area contributed by atoms with E-state index in [2.05, 4.69) is 10.2 Å². The van der Waals surface area contributed by atoms with Gasteiger partial charge in [0, 0.05) is 14.1 Å². The summed E-state index contributed by atoms with van der Waals surface area (Å²) in [6.07, 6.45) is 0. The van der Waals surface area contributed by atoms with E-state index in [1.165, 1.54) is 5.01 Å². The Balaban J connectivity index is 2.34. The molecule has 0 aromatic heterocycles. The van der Waals surface area contributed by atoms with Gasteiger partial charge in [0.25, 0.3) is 0 Å². The first-order valence-electron chi connectivity index (χ1n) is 5.30. The molecule has 0 aliphatic carbocycles. The molecule has 5 heteroatoms. The Labute approximate surface area is 100 Å². The predicted octanol–water partition coefficient (Wildman–Crippen LogP) is 1.33. The summed E-state index contributed by atoms with van der Waals surface area (Å²) >= 11 is 0. The Kier molecular flexibility index (Phi) is 2.91. The van der Waals surface area contributed by atoms with Crippen molar-refractivity contribution in [3.05, 3.63) is 30.3 Å². The summed E-state index contributed by atoms with van der Waals surface area (Å²) in [4.78, 5) is 12.1. The van der Waals surface area contributed by atoms with E-state index in [4.69, 9.17) is 0 Å².